The van der Waals surface area contributed by atoms with E-state index in [4.69, 9.17) is 5.73 Å². The molecule has 0 spiro atoms. The van der Waals surface area contributed by atoms with Gasteiger partial charge >= 0.3 is 6.18 Å². The Labute approximate surface area is 109 Å². The van der Waals surface area contributed by atoms with E-state index in [1.165, 1.54) is 6.07 Å². The van der Waals surface area contributed by atoms with Gasteiger partial charge in [-0.15, -0.1) is 11.3 Å². The lowest BCUT2D eigenvalue weighted by atomic mass is 10.3. The van der Waals surface area contributed by atoms with E-state index in [0.29, 0.717) is 10.6 Å². The minimum absolute atomic E-state index is 0.0275. The second-order valence-corrected chi connectivity index (χ2v) is 4.56. The molecule has 0 aliphatic rings. The van der Waals surface area contributed by atoms with E-state index in [1.54, 1.807) is 6.92 Å². The SMILES string of the molecule is Cc1nc(C(N)=O)sc1-c1ccnc(C(F)(F)F)n1. The molecular weight excluding hydrogens is 281 g/mol. The monoisotopic (exact) mass is 288 g/mol. The number of primary amides is 1. The maximum atomic E-state index is 12.5. The second-order valence-electron chi connectivity index (χ2n) is 3.56. The van der Waals surface area contributed by atoms with Crippen molar-refractivity contribution in [2.24, 2.45) is 5.73 Å². The molecule has 0 aliphatic carbocycles. The topological polar surface area (TPSA) is 81.8 Å². The van der Waals surface area contributed by atoms with Gasteiger partial charge in [0.1, 0.15) is 0 Å². The molecule has 2 heterocycles. The van der Waals surface area contributed by atoms with Crippen molar-refractivity contribution in [1.29, 1.82) is 0 Å². The van der Waals surface area contributed by atoms with Gasteiger partial charge in [-0.3, -0.25) is 4.79 Å². The molecule has 0 saturated carbocycles. The number of aryl methyl sites for hydroxylation is 1. The summed E-state index contributed by atoms with van der Waals surface area (Å²) < 4.78 is 37.5. The lowest BCUT2D eigenvalue weighted by molar-refractivity contribution is -0.144. The number of halogens is 3. The maximum Gasteiger partial charge on any atom is 0.451 e. The third-order valence-electron chi connectivity index (χ3n) is 2.15. The zero-order valence-corrected chi connectivity index (χ0v) is 10.3. The molecule has 2 N–H and O–H groups in total. The number of carbonyl (C=O) groups is 1. The van der Waals surface area contributed by atoms with Crippen LogP contribution in [-0.4, -0.2) is 20.9 Å². The first-order chi connectivity index (χ1) is 8.79. The third kappa shape index (κ3) is 2.70. The van der Waals surface area contributed by atoms with Crippen LogP contribution in [0.1, 0.15) is 21.3 Å². The molecule has 0 bridgehead atoms. The molecule has 2 aromatic rings. The molecule has 1 amide bonds. The fraction of sp³-hybridized carbons (Fsp3) is 0.200. The summed E-state index contributed by atoms with van der Waals surface area (Å²) in [7, 11) is 0. The average Bonchev–Trinajstić information content (AvgIpc) is 2.71. The highest BCUT2D eigenvalue weighted by molar-refractivity contribution is 7.17. The van der Waals surface area contributed by atoms with Crippen LogP contribution in [0.4, 0.5) is 13.2 Å². The number of nitrogens with two attached hydrogens (primary N) is 1. The molecule has 2 aromatic heterocycles. The Morgan fingerprint density at radius 2 is 2.05 bits per heavy atom. The minimum Gasteiger partial charge on any atom is -0.364 e. The van der Waals surface area contributed by atoms with Crippen LogP contribution in [0.25, 0.3) is 10.6 Å². The van der Waals surface area contributed by atoms with Crippen molar-refractivity contribution in [2.75, 3.05) is 0 Å². The molecule has 5 nitrogen and oxygen atoms in total. The molecule has 100 valence electrons. The van der Waals surface area contributed by atoms with Crippen LogP contribution >= 0.6 is 11.3 Å². The summed E-state index contributed by atoms with van der Waals surface area (Å²) in [5, 5.41) is 0.0275. The van der Waals surface area contributed by atoms with Crippen molar-refractivity contribution in [3.05, 3.63) is 28.8 Å². The molecular formula is C10H7F3N4OS. The summed E-state index contributed by atoms with van der Waals surface area (Å²) in [5.41, 5.74) is 5.52. The molecule has 0 aromatic carbocycles. The van der Waals surface area contributed by atoms with E-state index in [0.717, 1.165) is 17.5 Å². The predicted octanol–water partition coefficient (Wildman–Crippen LogP) is 2.03. The van der Waals surface area contributed by atoms with Gasteiger partial charge in [-0.05, 0) is 13.0 Å². The lowest BCUT2D eigenvalue weighted by Gasteiger charge is -2.05. The number of nitrogens with zero attached hydrogens (tertiary/aromatic N) is 3. The highest BCUT2D eigenvalue weighted by atomic mass is 32.1. The van der Waals surface area contributed by atoms with Crippen LogP contribution in [0.2, 0.25) is 0 Å². The van der Waals surface area contributed by atoms with E-state index in [9.17, 15) is 18.0 Å². The number of carbonyl (C=O) groups excluding carboxylic acids is 1. The normalized spacial score (nSPS) is 11.6. The predicted molar refractivity (Wildman–Crippen MR) is 61.4 cm³/mol. The Balaban J connectivity index is 2.50. The third-order valence-corrected chi connectivity index (χ3v) is 3.34. The lowest BCUT2D eigenvalue weighted by Crippen LogP contribution is -2.10. The number of hydrogen-bond donors (Lipinski definition) is 1. The van der Waals surface area contributed by atoms with E-state index >= 15 is 0 Å². The van der Waals surface area contributed by atoms with Gasteiger partial charge in [0.25, 0.3) is 5.91 Å². The Kier molecular flexibility index (Phi) is 3.23. The number of hydrogen-bond acceptors (Lipinski definition) is 5. The fourth-order valence-corrected chi connectivity index (χ4v) is 2.25. The summed E-state index contributed by atoms with van der Waals surface area (Å²) >= 11 is 0.897. The second kappa shape index (κ2) is 4.57. The number of amides is 1. The molecule has 0 aliphatic heterocycles. The quantitative estimate of drug-likeness (QED) is 0.916. The van der Waals surface area contributed by atoms with Crippen molar-refractivity contribution in [3.63, 3.8) is 0 Å². The van der Waals surface area contributed by atoms with Gasteiger partial charge in [0.15, 0.2) is 5.01 Å². The molecule has 0 radical (unpaired) electrons. The summed E-state index contributed by atoms with van der Waals surface area (Å²) in [6.07, 6.45) is -3.62. The van der Waals surface area contributed by atoms with Crippen LogP contribution in [0.5, 0.6) is 0 Å². The van der Waals surface area contributed by atoms with Crippen LogP contribution in [0.3, 0.4) is 0 Å². The zero-order chi connectivity index (χ0) is 14.2. The van der Waals surface area contributed by atoms with Crippen molar-refractivity contribution in [2.45, 2.75) is 13.1 Å². The first-order valence-corrected chi connectivity index (χ1v) is 5.78. The van der Waals surface area contributed by atoms with Gasteiger partial charge in [0.05, 0.1) is 16.3 Å². The largest absolute Gasteiger partial charge is 0.451 e. The maximum absolute atomic E-state index is 12.5. The smallest absolute Gasteiger partial charge is 0.364 e. The minimum atomic E-state index is -4.62. The molecule has 9 heteroatoms. The molecule has 0 saturated heterocycles. The highest BCUT2D eigenvalue weighted by Gasteiger charge is 2.35. The fourth-order valence-electron chi connectivity index (χ4n) is 1.36. The Bertz CT molecular complexity index is 638. The number of thiazole rings is 1. The van der Waals surface area contributed by atoms with Gasteiger partial charge in [-0.25, -0.2) is 15.0 Å². The Hall–Kier alpha value is -2.03. The van der Waals surface area contributed by atoms with Crippen molar-refractivity contribution in [1.82, 2.24) is 15.0 Å². The standard InChI is InChI=1S/C10H7F3N4OS/c1-4-6(19-8(16-4)7(14)18)5-2-3-15-9(17-5)10(11,12)13/h2-3H,1H3,(H2,14,18). The van der Waals surface area contributed by atoms with Crippen LogP contribution in [0, 0.1) is 6.92 Å². The van der Waals surface area contributed by atoms with E-state index in [-0.39, 0.29) is 10.7 Å². The van der Waals surface area contributed by atoms with Gasteiger partial charge in [0, 0.05) is 6.20 Å². The molecule has 0 fully saturated rings. The van der Waals surface area contributed by atoms with Gasteiger partial charge in [0.2, 0.25) is 5.82 Å². The molecule has 0 unspecified atom stereocenters. The summed E-state index contributed by atoms with van der Waals surface area (Å²) in [4.78, 5) is 21.8. The summed E-state index contributed by atoms with van der Waals surface area (Å²) in [6.45, 7) is 1.56. The van der Waals surface area contributed by atoms with Crippen molar-refractivity contribution in [3.8, 4) is 10.6 Å². The van der Waals surface area contributed by atoms with Crippen LogP contribution < -0.4 is 5.73 Å². The highest BCUT2D eigenvalue weighted by Crippen LogP contribution is 2.31. The molecule has 19 heavy (non-hydrogen) atoms. The number of aromatic nitrogens is 3. The van der Waals surface area contributed by atoms with Gasteiger partial charge in [-0.2, -0.15) is 13.2 Å². The van der Waals surface area contributed by atoms with E-state index < -0.39 is 17.9 Å². The zero-order valence-electron chi connectivity index (χ0n) is 9.52. The number of alkyl halides is 3. The van der Waals surface area contributed by atoms with Crippen molar-refractivity contribution < 1.29 is 18.0 Å². The average molecular weight is 288 g/mol. The molecule has 0 atom stereocenters. The molecule has 2 rings (SSSR count). The van der Waals surface area contributed by atoms with Gasteiger partial charge in [-0.1, -0.05) is 0 Å². The van der Waals surface area contributed by atoms with E-state index in [1.807, 2.05) is 0 Å². The van der Waals surface area contributed by atoms with Crippen LogP contribution in [0.15, 0.2) is 12.3 Å². The summed E-state index contributed by atoms with van der Waals surface area (Å²) in [6, 6.07) is 1.32. The van der Waals surface area contributed by atoms with E-state index in [2.05, 4.69) is 15.0 Å². The number of rotatable bonds is 2. The van der Waals surface area contributed by atoms with Crippen LogP contribution in [-0.2, 0) is 6.18 Å². The van der Waals surface area contributed by atoms with Gasteiger partial charge < -0.3 is 5.73 Å². The summed E-state index contributed by atoms with van der Waals surface area (Å²) in [5.74, 6) is -1.97. The van der Waals surface area contributed by atoms with Crippen molar-refractivity contribution >= 4 is 17.2 Å². The Morgan fingerprint density at radius 3 is 2.58 bits per heavy atom. The first kappa shape index (κ1) is 13.4. The Morgan fingerprint density at radius 1 is 1.37 bits per heavy atom. The first-order valence-electron chi connectivity index (χ1n) is 4.97.